The molecule has 0 radical (unpaired) electrons. The summed E-state index contributed by atoms with van der Waals surface area (Å²) in [5, 5.41) is 7.70. The Kier molecular flexibility index (Phi) is 7.10. The zero-order valence-corrected chi connectivity index (χ0v) is 16.4. The van der Waals surface area contributed by atoms with Crippen LogP contribution in [0.5, 0.6) is 5.75 Å². The first-order valence-corrected chi connectivity index (χ1v) is 10.0. The first-order chi connectivity index (χ1) is 13.1. The van der Waals surface area contributed by atoms with Gasteiger partial charge in [-0.05, 0) is 50.5 Å². The lowest BCUT2D eigenvalue weighted by molar-refractivity contribution is -0.122. The summed E-state index contributed by atoms with van der Waals surface area (Å²) in [5.74, 6) is 2.33. The minimum absolute atomic E-state index is 0.0559. The van der Waals surface area contributed by atoms with Crippen LogP contribution < -0.4 is 10.1 Å². The molecule has 7 heteroatoms. The van der Waals surface area contributed by atoms with Crippen molar-refractivity contribution in [1.29, 1.82) is 0 Å². The molecule has 3 rings (SSSR count). The second-order valence-electron chi connectivity index (χ2n) is 7.02. The van der Waals surface area contributed by atoms with E-state index in [0.29, 0.717) is 36.3 Å². The van der Waals surface area contributed by atoms with Crippen LogP contribution in [0.3, 0.4) is 0 Å². The summed E-state index contributed by atoms with van der Waals surface area (Å²) in [5.41, 5.74) is 0. The molecule has 1 saturated carbocycles. The third kappa shape index (κ3) is 5.96. The van der Waals surface area contributed by atoms with Crippen LogP contribution in [0.1, 0.15) is 75.5 Å². The minimum Gasteiger partial charge on any atom is -0.494 e. The van der Waals surface area contributed by atoms with E-state index in [2.05, 4.69) is 15.5 Å². The van der Waals surface area contributed by atoms with Gasteiger partial charge < -0.3 is 14.6 Å². The number of carbonyl (C=O) groups excluding carboxylic acids is 1. The van der Waals surface area contributed by atoms with Crippen LogP contribution in [0.15, 0.2) is 28.8 Å². The number of amides is 1. The molecule has 0 unspecified atom stereocenters. The highest BCUT2D eigenvalue weighted by molar-refractivity contribution is 6.30. The lowest BCUT2D eigenvalue weighted by Gasteiger charge is -2.17. The van der Waals surface area contributed by atoms with Gasteiger partial charge in [0.05, 0.1) is 6.61 Å². The van der Waals surface area contributed by atoms with Crippen molar-refractivity contribution in [1.82, 2.24) is 15.5 Å². The number of hydrogen-bond acceptors (Lipinski definition) is 5. The van der Waals surface area contributed by atoms with Crippen LogP contribution in [-0.2, 0) is 4.79 Å². The van der Waals surface area contributed by atoms with Gasteiger partial charge in [-0.2, -0.15) is 4.98 Å². The van der Waals surface area contributed by atoms with Crippen molar-refractivity contribution in [2.45, 2.75) is 63.8 Å². The van der Waals surface area contributed by atoms with Crippen LogP contribution in [-0.4, -0.2) is 22.7 Å². The summed E-state index contributed by atoms with van der Waals surface area (Å²) in [6.45, 7) is 2.33. The molecule has 1 aliphatic rings. The summed E-state index contributed by atoms with van der Waals surface area (Å²) < 4.78 is 11.0. The van der Waals surface area contributed by atoms with E-state index in [1.54, 1.807) is 12.1 Å². The highest BCUT2D eigenvalue weighted by atomic mass is 35.5. The number of halogens is 1. The highest BCUT2D eigenvalue weighted by Gasteiger charge is 2.23. The van der Waals surface area contributed by atoms with Gasteiger partial charge in [0.25, 0.3) is 0 Å². The maximum atomic E-state index is 12.1. The fraction of sp³-hybridized carbons (Fsp3) is 0.550. The van der Waals surface area contributed by atoms with Gasteiger partial charge >= 0.3 is 0 Å². The van der Waals surface area contributed by atoms with E-state index in [9.17, 15) is 4.79 Å². The monoisotopic (exact) mass is 391 g/mol. The first kappa shape index (κ1) is 19.7. The van der Waals surface area contributed by atoms with Crippen molar-refractivity contribution >= 4 is 17.5 Å². The van der Waals surface area contributed by atoms with E-state index in [4.69, 9.17) is 20.9 Å². The Labute approximate surface area is 164 Å². The minimum atomic E-state index is -0.292. The average Bonchev–Trinajstić information content (AvgIpc) is 3.18. The number of hydrogen-bond donors (Lipinski definition) is 1. The van der Waals surface area contributed by atoms with E-state index in [1.807, 2.05) is 19.1 Å². The molecule has 27 heavy (non-hydrogen) atoms. The molecule has 0 saturated heterocycles. The Morgan fingerprint density at radius 1 is 1.30 bits per heavy atom. The Morgan fingerprint density at radius 3 is 2.78 bits per heavy atom. The smallest absolute Gasteiger partial charge is 0.248 e. The molecule has 1 amide bonds. The number of carbonyl (C=O) groups is 1. The molecule has 1 fully saturated rings. The van der Waals surface area contributed by atoms with Crippen molar-refractivity contribution in [3.8, 4) is 5.75 Å². The standard InChI is InChI=1S/C20H26ClN3O3/c1-14(20-23-19(24-27-20)15-6-3-2-4-7-15)22-18(25)8-5-13-26-17-11-9-16(21)10-12-17/h9-12,14-15H,2-8,13H2,1H3,(H,22,25)/t14-/m0/s1. The molecular formula is C20H26ClN3O3. The van der Waals surface area contributed by atoms with Crippen LogP contribution in [0.25, 0.3) is 0 Å². The van der Waals surface area contributed by atoms with Gasteiger partial charge in [-0.15, -0.1) is 0 Å². The van der Waals surface area contributed by atoms with Gasteiger partial charge in [0.2, 0.25) is 11.8 Å². The molecule has 1 aliphatic carbocycles. The van der Waals surface area contributed by atoms with Gasteiger partial charge in [-0.3, -0.25) is 4.79 Å². The highest BCUT2D eigenvalue weighted by Crippen LogP contribution is 2.31. The van der Waals surface area contributed by atoms with Crippen LogP contribution >= 0.6 is 11.6 Å². The third-order valence-corrected chi connectivity index (χ3v) is 5.06. The fourth-order valence-electron chi connectivity index (χ4n) is 3.28. The second-order valence-corrected chi connectivity index (χ2v) is 7.46. The fourth-order valence-corrected chi connectivity index (χ4v) is 3.40. The molecule has 1 aromatic carbocycles. The predicted octanol–water partition coefficient (Wildman–Crippen LogP) is 4.81. The zero-order chi connectivity index (χ0) is 19.1. The van der Waals surface area contributed by atoms with Crippen molar-refractivity contribution in [3.05, 3.63) is 41.0 Å². The first-order valence-electron chi connectivity index (χ1n) is 9.63. The molecule has 146 valence electrons. The van der Waals surface area contributed by atoms with E-state index in [0.717, 1.165) is 24.4 Å². The number of aromatic nitrogens is 2. The van der Waals surface area contributed by atoms with E-state index in [1.165, 1.54) is 19.3 Å². The molecule has 1 aromatic heterocycles. The molecule has 6 nitrogen and oxygen atoms in total. The van der Waals surface area contributed by atoms with E-state index < -0.39 is 0 Å². The van der Waals surface area contributed by atoms with Crippen molar-refractivity contribution in [3.63, 3.8) is 0 Å². The predicted molar refractivity (Wildman–Crippen MR) is 103 cm³/mol. The summed E-state index contributed by atoms with van der Waals surface area (Å²) in [7, 11) is 0. The van der Waals surface area contributed by atoms with Gasteiger partial charge in [0, 0.05) is 17.4 Å². The van der Waals surface area contributed by atoms with E-state index >= 15 is 0 Å². The van der Waals surface area contributed by atoms with Gasteiger partial charge in [-0.25, -0.2) is 0 Å². The molecule has 0 spiro atoms. The molecule has 1 atom stereocenters. The summed E-state index contributed by atoms with van der Waals surface area (Å²) in [6, 6.07) is 6.88. The van der Waals surface area contributed by atoms with Crippen molar-refractivity contribution in [2.75, 3.05) is 6.61 Å². The lowest BCUT2D eigenvalue weighted by Crippen LogP contribution is -2.27. The molecule has 0 aliphatic heterocycles. The Balaban J connectivity index is 1.38. The maximum Gasteiger partial charge on any atom is 0.248 e. The van der Waals surface area contributed by atoms with Gasteiger partial charge in [-0.1, -0.05) is 36.0 Å². The van der Waals surface area contributed by atoms with Gasteiger partial charge in [0.15, 0.2) is 5.82 Å². The van der Waals surface area contributed by atoms with Crippen LogP contribution in [0, 0.1) is 0 Å². The normalized spacial score (nSPS) is 16.1. The number of nitrogens with zero attached hydrogens (tertiary/aromatic N) is 2. The summed E-state index contributed by atoms with van der Waals surface area (Å²) >= 11 is 5.83. The van der Waals surface area contributed by atoms with Crippen LogP contribution in [0.4, 0.5) is 0 Å². The molecule has 1 heterocycles. The number of benzene rings is 1. The Bertz CT molecular complexity index is 726. The van der Waals surface area contributed by atoms with Crippen molar-refractivity contribution in [2.24, 2.45) is 0 Å². The third-order valence-electron chi connectivity index (χ3n) is 4.81. The summed E-state index contributed by atoms with van der Waals surface area (Å²) in [4.78, 5) is 16.6. The Morgan fingerprint density at radius 2 is 2.04 bits per heavy atom. The van der Waals surface area contributed by atoms with Crippen molar-refractivity contribution < 1.29 is 14.1 Å². The zero-order valence-electron chi connectivity index (χ0n) is 15.6. The van der Waals surface area contributed by atoms with Crippen LogP contribution in [0.2, 0.25) is 5.02 Å². The topological polar surface area (TPSA) is 77.2 Å². The maximum absolute atomic E-state index is 12.1. The SMILES string of the molecule is C[C@H](NC(=O)CCCOc1ccc(Cl)cc1)c1nc(C2CCCCC2)no1. The van der Waals surface area contributed by atoms with Gasteiger partial charge in [0.1, 0.15) is 11.8 Å². The summed E-state index contributed by atoms with van der Waals surface area (Å²) in [6.07, 6.45) is 6.97. The molecule has 1 N–H and O–H groups in total. The average molecular weight is 392 g/mol. The van der Waals surface area contributed by atoms with E-state index in [-0.39, 0.29) is 11.9 Å². The molecule has 0 bridgehead atoms. The lowest BCUT2D eigenvalue weighted by atomic mass is 9.89. The number of ether oxygens (including phenoxy) is 1. The molecule has 2 aromatic rings. The quantitative estimate of drug-likeness (QED) is 0.653. The molecular weight excluding hydrogens is 366 g/mol. The number of rotatable bonds is 8. The Hall–Kier alpha value is -2.08. The second kappa shape index (κ2) is 9.74. The largest absolute Gasteiger partial charge is 0.494 e. The number of nitrogens with one attached hydrogen (secondary N) is 1.